The van der Waals surface area contributed by atoms with Gasteiger partial charge < -0.3 is 10.6 Å². The van der Waals surface area contributed by atoms with Crippen LogP contribution in [0.25, 0.3) is 0 Å². The number of hydrogen-bond acceptors (Lipinski definition) is 7. The Bertz CT molecular complexity index is 990. The Labute approximate surface area is 156 Å². The Morgan fingerprint density at radius 3 is 2.56 bits per heavy atom. The maximum Gasteiger partial charge on any atom is 0.272 e. The highest BCUT2D eigenvalue weighted by atomic mass is 16.6. The number of para-hydroxylation sites is 1. The lowest BCUT2D eigenvalue weighted by Gasteiger charge is -2.44. The minimum Gasteiger partial charge on any atom is -0.399 e. The average molecular weight is 360 g/mol. The molecule has 1 aromatic rings. The second-order valence-electron chi connectivity index (χ2n) is 6.71. The molecule has 2 aliphatic rings. The number of allylic oxidation sites excluding steroid dienone is 2. The summed E-state index contributed by atoms with van der Waals surface area (Å²) >= 11 is 0. The molecule has 0 aromatic heterocycles. The lowest BCUT2D eigenvalue weighted by atomic mass is 9.58. The maximum atomic E-state index is 11.6. The maximum absolute atomic E-state index is 11.6. The fraction of sp³-hybridized carbons (Fsp3) is 0.316. The molecule has 1 aliphatic carbocycles. The van der Waals surface area contributed by atoms with Crippen molar-refractivity contribution in [3.05, 3.63) is 62.9 Å². The highest BCUT2D eigenvalue weighted by Crippen LogP contribution is 2.55. The van der Waals surface area contributed by atoms with E-state index in [9.17, 15) is 25.9 Å². The van der Waals surface area contributed by atoms with Gasteiger partial charge in [0.1, 0.15) is 6.07 Å². The van der Waals surface area contributed by atoms with Crippen LogP contribution in [-0.4, -0.2) is 30.0 Å². The Hall–Kier alpha value is -3.67. The molecular formula is C19H16N6O2. The van der Waals surface area contributed by atoms with Gasteiger partial charge in [0.2, 0.25) is 0 Å². The largest absolute Gasteiger partial charge is 0.399 e. The fourth-order valence-electron chi connectivity index (χ4n) is 4.08. The van der Waals surface area contributed by atoms with Crippen molar-refractivity contribution in [1.82, 2.24) is 4.90 Å². The minimum absolute atomic E-state index is 0.131. The normalized spacial score (nSPS) is 24.0. The summed E-state index contributed by atoms with van der Waals surface area (Å²) in [6, 6.07) is 12.1. The molecule has 0 unspecified atom stereocenters. The molecule has 0 spiro atoms. The monoisotopic (exact) mass is 360 g/mol. The molecule has 8 nitrogen and oxygen atoms in total. The molecule has 2 N–H and O–H groups in total. The number of hydrogen-bond donors (Lipinski definition) is 1. The summed E-state index contributed by atoms with van der Waals surface area (Å²) in [6.45, 7) is 1.03. The molecule has 3 rings (SSSR count). The standard InChI is InChI=1S/C19H16N6O2/c1-24-7-6-12-14(8-20)18(23)19(10-21,11-22)17(15(12)9-24)13-4-2-3-5-16(13)25(26)27/h2-6,15,17H,7,9,23H2,1H3/t15-,17-/m0/s1. The molecule has 0 fully saturated rings. The summed E-state index contributed by atoms with van der Waals surface area (Å²) < 4.78 is 0. The summed E-state index contributed by atoms with van der Waals surface area (Å²) in [7, 11) is 1.87. The third-order valence-electron chi connectivity index (χ3n) is 5.32. The van der Waals surface area contributed by atoms with Crippen molar-refractivity contribution in [2.75, 3.05) is 20.1 Å². The second kappa shape index (κ2) is 6.57. The lowest BCUT2D eigenvalue weighted by Crippen LogP contribution is -2.47. The minimum atomic E-state index is -1.86. The SMILES string of the molecule is CN1CC=C2C(C#N)=C(N)C(C#N)(C#N)[C@@H](c3ccccc3[N+](=O)[O-])[C@H]2C1. The molecule has 0 saturated heterocycles. The predicted octanol–water partition coefficient (Wildman–Crippen LogP) is 1.95. The van der Waals surface area contributed by atoms with Crippen molar-refractivity contribution >= 4 is 5.69 Å². The Morgan fingerprint density at radius 2 is 1.96 bits per heavy atom. The van der Waals surface area contributed by atoms with E-state index in [4.69, 9.17) is 5.73 Å². The van der Waals surface area contributed by atoms with Crippen molar-refractivity contribution < 1.29 is 4.92 Å². The predicted molar refractivity (Wildman–Crippen MR) is 95.4 cm³/mol. The van der Waals surface area contributed by atoms with Crippen LogP contribution in [0, 0.1) is 55.4 Å². The molecule has 27 heavy (non-hydrogen) atoms. The molecule has 0 radical (unpaired) electrons. The van der Waals surface area contributed by atoms with Gasteiger partial charge in [-0.25, -0.2) is 0 Å². The number of nitrogens with two attached hydrogens (primary N) is 1. The zero-order valence-corrected chi connectivity index (χ0v) is 14.6. The molecule has 0 amide bonds. The van der Waals surface area contributed by atoms with Crippen LogP contribution in [0.15, 0.2) is 47.2 Å². The van der Waals surface area contributed by atoms with E-state index < -0.39 is 22.2 Å². The van der Waals surface area contributed by atoms with Crippen LogP contribution in [-0.2, 0) is 0 Å². The molecule has 1 aromatic carbocycles. The summed E-state index contributed by atoms with van der Waals surface area (Å²) in [5.41, 5.74) is 5.06. The van der Waals surface area contributed by atoms with Crippen LogP contribution in [0.4, 0.5) is 5.69 Å². The van der Waals surface area contributed by atoms with Crippen LogP contribution in [0.1, 0.15) is 11.5 Å². The number of nitrogens with zero attached hydrogens (tertiary/aromatic N) is 5. The van der Waals surface area contributed by atoms with Gasteiger partial charge in [-0.05, 0) is 12.6 Å². The van der Waals surface area contributed by atoms with Crippen LogP contribution in [0.2, 0.25) is 0 Å². The molecule has 8 heteroatoms. The number of likely N-dealkylation sites (N-methyl/N-ethyl adjacent to an activating group) is 1. The summed E-state index contributed by atoms with van der Waals surface area (Å²) in [5.74, 6) is -1.30. The van der Waals surface area contributed by atoms with Crippen LogP contribution in [0.5, 0.6) is 0 Å². The summed E-state index contributed by atoms with van der Waals surface area (Å²) in [5, 5.41) is 41.1. The second-order valence-corrected chi connectivity index (χ2v) is 6.71. The van der Waals surface area contributed by atoms with Crippen molar-refractivity contribution in [3.8, 4) is 18.2 Å². The first-order valence-electron chi connectivity index (χ1n) is 8.26. The van der Waals surface area contributed by atoms with E-state index >= 15 is 0 Å². The molecule has 1 heterocycles. The van der Waals surface area contributed by atoms with Crippen molar-refractivity contribution in [1.29, 1.82) is 15.8 Å². The van der Waals surface area contributed by atoms with E-state index in [1.54, 1.807) is 12.1 Å². The van der Waals surface area contributed by atoms with Gasteiger partial charge in [-0.2, -0.15) is 15.8 Å². The van der Waals surface area contributed by atoms with E-state index in [1.165, 1.54) is 12.1 Å². The average Bonchev–Trinajstić information content (AvgIpc) is 2.67. The van der Waals surface area contributed by atoms with Crippen molar-refractivity contribution in [3.63, 3.8) is 0 Å². The van der Waals surface area contributed by atoms with Crippen LogP contribution in [0.3, 0.4) is 0 Å². The molecule has 0 bridgehead atoms. The fourth-order valence-corrected chi connectivity index (χ4v) is 4.08. The van der Waals surface area contributed by atoms with Crippen LogP contribution < -0.4 is 5.73 Å². The summed E-state index contributed by atoms with van der Waals surface area (Å²) in [4.78, 5) is 13.1. The van der Waals surface area contributed by atoms with Gasteiger partial charge in [0.25, 0.3) is 5.69 Å². The third kappa shape index (κ3) is 2.54. The smallest absolute Gasteiger partial charge is 0.272 e. The number of fused-ring (bicyclic) bond motifs is 1. The lowest BCUT2D eigenvalue weighted by molar-refractivity contribution is -0.385. The number of rotatable bonds is 2. The van der Waals surface area contributed by atoms with Gasteiger partial charge >= 0.3 is 0 Å². The Morgan fingerprint density at radius 1 is 1.30 bits per heavy atom. The molecule has 134 valence electrons. The van der Waals surface area contributed by atoms with Gasteiger partial charge in [-0.1, -0.05) is 24.3 Å². The number of nitro groups is 1. The number of benzene rings is 1. The van der Waals surface area contributed by atoms with Crippen molar-refractivity contribution in [2.45, 2.75) is 5.92 Å². The number of nitriles is 3. The molecule has 2 atom stereocenters. The van der Waals surface area contributed by atoms with E-state index in [0.29, 0.717) is 18.7 Å². The highest BCUT2D eigenvalue weighted by Gasteiger charge is 2.55. The van der Waals surface area contributed by atoms with E-state index in [0.717, 1.165) is 0 Å². The first kappa shape index (κ1) is 18.1. The zero-order chi connectivity index (χ0) is 19.8. The highest BCUT2D eigenvalue weighted by molar-refractivity contribution is 5.61. The summed E-state index contributed by atoms with van der Waals surface area (Å²) in [6.07, 6.45) is 1.85. The Kier molecular flexibility index (Phi) is 4.41. The van der Waals surface area contributed by atoms with Crippen LogP contribution >= 0.6 is 0 Å². The molecular weight excluding hydrogens is 344 g/mol. The third-order valence-corrected chi connectivity index (χ3v) is 5.32. The molecule has 1 aliphatic heterocycles. The first-order chi connectivity index (χ1) is 12.9. The topological polar surface area (TPSA) is 144 Å². The quantitative estimate of drug-likeness (QED) is 0.627. The number of nitro benzene ring substituents is 1. The zero-order valence-electron chi connectivity index (χ0n) is 14.6. The van der Waals surface area contributed by atoms with E-state index in [1.807, 2.05) is 36.2 Å². The Balaban J connectivity index is 2.40. The molecule has 0 saturated carbocycles. The van der Waals surface area contributed by atoms with E-state index in [-0.39, 0.29) is 22.5 Å². The van der Waals surface area contributed by atoms with E-state index in [2.05, 4.69) is 0 Å². The van der Waals surface area contributed by atoms with Gasteiger partial charge in [0.15, 0.2) is 5.41 Å². The van der Waals surface area contributed by atoms with Crippen molar-refractivity contribution in [2.24, 2.45) is 17.1 Å². The first-order valence-corrected chi connectivity index (χ1v) is 8.26. The van der Waals surface area contributed by atoms with Gasteiger partial charge in [-0.3, -0.25) is 10.1 Å². The van der Waals surface area contributed by atoms with Gasteiger partial charge in [0, 0.05) is 36.6 Å². The van der Waals surface area contributed by atoms with Gasteiger partial charge in [-0.15, -0.1) is 0 Å². The van der Waals surface area contributed by atoms with Gasteiger partial charge in [0.05, 0.1) is 28.3 Å².